The quantitative estimate of drug-likeness (QED) is 0.0998. The van der Waals surface area contributed by atoms with E-state index in [4.69, 9.17) is 14.2 Å². The monoisotopic (exact) mass is 658 g/mol. The Labute approximate surface area is 296 Å². The van der Waals surface area contributed by atoms with Gasteiger partial charge in [-0.05, 0) is 68.9 Å². The number of benzene rings is 4. The van der Waals surface area contributed by atoms with E-state index in [1.54, 1.807) is 0 Å². The second kappa shape index (κ2) is 14.9. The highest BCUT2D eigenvalue weighted by atomic mass is 16.6. The molecule has 0 N–H and O–H groups in total. The highest BCUT2D eigenvalue weighted by Gasteiger charge is 2.51. The number of unbranched alkanes of at least 4 members (excludes halogenated alkanes) is 2. The molecule has 49 heavy (non-hydrogen) atoms. The molecule has 4 unspecified atom stereocenters. The molecule has 6 rings (SSSR count). The Balaban J connectivity index is 1.16. The predicted octanol–water partition coefficient (Wildman–Crippen LogP) is 11.4. The first kappa shape index (κ1) is 35.6. The van der Waals surface area contributed by atoms with E-state index in [9.17, 15) is 0 Å². The molecule has 0 radical (unpaired) electrons. The number of rotatable bonds is 18. The van der Waals surface area contributed by atoms with E-state index >= 15 is 0 Å². The summed E-state index contributed by atoms with van der Waals surface area (Å²) in [4.78, 5) is 0. The third kappa shape index (κ3) is 7.75. The van der Waals surface area contributed by atoms with Crippen LogP contribution in [0.1, 0.15) is 125 Å². The zero-order valence-corrected chi connectivity index (χ0v) is 30.8. The molecule has 3 heteroatoms. The second-order valence-corrected chi connectivity index (χ2v) is 15.9. The van der Waals surface area contributed by atoms with Gasteiger partial charge in [0.05, 0.1) is 26.4 Å². The predicted molar refractivity (Wildman–Crippen MR) is 202 cm³/mol. The maximum atomic E-state index is 6.54. The summed E-state index contributed by atoms with van der Waals surface area (Å²) in [6.45, 7) is 16.6. The molecule has 0 saturated carbocycles. The van der Waals surface area contributed by atoms with Gasteiger partial charge < -0.3 is 14.2 Å². The molecule has 2 saturated heterocycles. The molecular weight excluding hydrogens is 601 g/mol. The van der Waals surface area contributed by atoms with Gasteiger partial charge in [-0.3, -0.25) is 0 Å². The van der Waals surface area contributed by atoms with Gasteiger partial charge in [0.2, 0.25) is 0 Å². The van der Waals surface area contributed by atoms with E-state index in [-0.39, 0.29) is 22.0 Å². The summed E-state index contributed by atoms with van der Waals surface area (Å²) in [5.41, 5.74) is 7.17. The van der Waals surface area contributed by atoms with Crippen LogP contribution in [0.4, 0.5) is 0 Å². The van der Waals surface area contributed by atoms with Crippen LogP contribution in [0.5, 0.6) is 0 Å². The first-order valence-electron chi connectivity index (χ1n) is 18.8. The Morgan fingerprint density at radius 2 is 0.959 bits per heavy atom. The molecule has 4 aromatic carbocycles. The van der Waals surface area contributed by atoms with E-state index in [1.165, 1.54) is 71.9 Å². The molecule has 3 nitrogen and oxygen atoms in total. The van der Waals surface area contributed by atoms with Gasteiger partial charge >= 0.3 is 0 Å². The average Bonchev–Trinajstić information content (AvgIpc) is 4.07. The molecule has 2 heterocycles. The van der Waals surface area contributed by atoms with E-state index in [0.29, 0.717) is 38.3 Å². The largest absolute Gasteiger partial charge is 0.375 e. The summed E-state index contributed by atoms with van der Waals surface area (Å²) in [5.74, 6) is 0.886. The van der Waals surface area contributed by atoms with Crippen LogP contribution in [0.15, 0.2) is 109 Å². The van der Waals surface area contributed by atoms with Crippen molar-refractivity contribution in [3.8, 4) is 0 Å². The maximum absolute atomic E-state index is 6.54. The third-order valence-corrected chi connectivity index (χ3v) is 11.8. The summed E-state index contributed by atoms with van der Waals surface area (Å²) in [7, 11) is 0. The highest BCUT2D eigenvalue weighted by Crippen LogP contribution is 2.48. The molecule has 0 aliphatic carbocycles. The lowest BCUT2D eigenvalue weighted by molar-refractivity contribution is 0.0402. The van der Waals surface area contributed by atoms with E-state index in [2.05, 4.69) is 151 Å². The Morgan fingerprint density at radius 1 is 0.571 bits per heavy atom. The van der Waals surface area contributed by atoms with Gasteiger partial charge in [-0.25, -0.2) is 0 Å². The highest BCUT2D eigenvalue weighted by molar-refractivity contribution is 5.40. The summed E-state index contributed by atoms with van der Waals surface area (Å²) in [6, 6.07) is 40.3. The van der Waals surface area contributed by atoms with Crippen LogP contribution in [0, 0.1) is 0 Å². The van der Waals surface area contributed by atoms with Crippen molar-refractivity contribution in [1.82, 2.24) is 0 Å². The molecule has 0 bridgehead atoms. The van der Waals surface area contributed by atoms with Gasteiger partial charge in [0, 0.05) is 0 Å². The van der Waals surface area contributed by atoms with Crippen LogP contribution < -0.4 is 0 Å². The lowest BCUT2D eigenvalue weighted by Gasteiger charge is -2.36. The van der Waals surface area contributed by atoms with Crippen molar-refractivity contribution in [2.75, 3.05) is 26.4 Å². The first-order valence-corrected chi connectivity index (χ1v) is 18.8. The molecule has 4 aromatic rings. The van der Waals surface area contributed by atoms with Crippen LogP contribution in [0.3, 0.4) is 0 Å². The molecule has 2 aliphatic heterocycles. The fourth-order valence-corrected chi connectivity index (χ4v) is 8.11. The number of hydrogen-bond donors (Lipinski definition) is 0. The molecular formula is C46H58O3. The lowest BCUT2D eigenvalue weighted by atomic mass is 9.68. The minimum absolute atomic E-state index is 0.0236. The molecule has 260 valence electrons. The molecule has 0 aromatic heterocycles. The number of epoxide rings is 2. The van der Waals surface area contributed by atoms with Crippen molar-refractivity contribution in [1.29, 1.82) is 0 Å². The molecule has 0 spiro atoms. The molecule has 4 atom stereocenters. The van der Waals surface area contributed by atoms with Crippen molar-refractivity contribution < 1.29 is 14.2 Å². The van der Waals surface area contributed by atoms with Gasteiger partial charge in [0.15, 0.2) is 0 Å². The van der Waals surface area contributed by atoms with Crippen molar-refractivity contribution >= 4 is 0 Å². The topological polar surface area (TPSA) is 34.3 Å². The van der Waals surface area contributed by atoms with Gasteiger partial charge in [-0.15, -0.1) is 0 Å². The normalized spacial score (nSPS) is 21.7. The zero-order valence-electron chi connectivity index (χ0n) is 30.8. The molecule has 2 fully saturated rings. The second-order valence-electron chi connectivity index (χ2n) is 15.9. The Morgan fingerprint density at radius 3 is 1.31 bits per heavy atom. The fraction of sp³-hybridized carbons (Fsp3) is 0.478. The lowest BCUT2D eigenvalue weighted by Crippen LogP contribution is -2.29. The van der Waals surface area contributed by atoms with Crippen molar-refractivity contribution in [3.63, 3.8) is 0 Å². The fourth-order valence-electron chi connectivity index (χ4n) is 8.11. The summed E-state index contributed by atoms with van der Waals surface area (Å²) >= 11 is 0. The molecule has 0 amide bonds. The van der Waals surface area contributed by atoms with E-state index in [0.717, 1.165) is 0 Å². The standard InChI is InChI=1S/C46H58O3/c1-7-9-27-41(35-19-13-11-14-20-35)43(3,4)37-23-17-25-39(29-37)45(33-48-45)31-47-32-46(34-49-46)40-26-18-24-38(30-40)44(5,6)42(28-10-8-2)36-21-15-12-16-22-36/h11-26,29-30,41-42H,7-10,27-28,31-34H2,1-6H3. The van der Waals surface area contributed by atoms with Gasteiger partial charge in [-0.2, -0.15) is 0 Å². The average molecular weight is 659 g/mol. The van der Waals surface area contributed by atoms with Crippen LogP contribution in [0.25, 0.3) is 0 Å². The Bertz CT molecular complexity index is 1510. The van der Waals surface area contributed by atoms with Gasteiger partial charge in [0.25, 0.3) is 0 Å². The van der Waals surface area contributed by atoms with Gasteiger partial charge in [0.1, 0.15) is 11.2 Å². The van der Waals surface area contributed by atoms with Crippen molar-refractivity contribution in [2.24, 2.45) is 0 Å². The maximum Gasteiger partial charge on any atom is 0.140 e. The van der Waals surface area contributed by atoms with Crippen LogP contribution in [-0.2, 0) is 36.2 Å². The van der Waals surface area contributed by atoms with Crippen molar-refractivity contribution in [3.05, 3.63) is 143 Å². The minimum Gasteiger partial charge on any atom is -0.375 e. The first-order chi connectivity index (χ1) is 23.6. The van der Waals surface area contributed by atoms with Crippen LogP contribution >= 0.6 is 0 Å². The van der Waals surface area contributed by atoms with E-state index in [1.807, 2.05) is 0 Å². The zero-order chi connectivity index (χ0) is 34.5. The number of ether oxygens (including phenoxy) is 3. The van der Waals surface area contributed by atoms with E-state index < -0.39 is 0 Å². The Kier molecular flexibility index (Phi) is 10.8. The minimum atomic E-state index is -0.389. The molecule has 2 aliphatic rings. The summed E-state index contributed by atoms with van der Waals surface area (Å²) < 4.78 is 18.9. The summed E-state index contributed by atoms with van der Waals surface area (Å²) in [6.07, 6.45) is 7.20. The number of hydrogen-bond acceptors (Lipinski definition) is 3. The van der Waals surface area contributed by atoms with Crippen LogP contribution in [0.2, 0.25) is 0 Å². The SMILES string of the molecule is CCCCC(c1ccccc1)C(C)(C)c1cccc(C2(COCC3(c4cccc(C(C)(C)C(CCCC)c5ccccc5)c4)CO3)CO2)c1. The smallest absolute Gasteiger partial charge is 0.140 e. The van der Waals surface area contributed by atoms with Crippen LogP contribution in [-0.4, -0.2) is 26.4 Å². The van der Waals surface area contributed by atoms with Gasteiger partial charge in [-0.1, -0.05) is 176 Å². The van der Waals surface area contributed by atoms with Crippen molar-refractivity contribution in [2.45, 2.75) is 114 Å². The third-order valence-electron chi connectivity index (χ3n) is 11.8. The summed E-state index contributed by atoms with van der Waals surface area (Å²) in [5, 5.41) is 0. The Hall–Kier alpha value is -3.24.